The van der Waals surface area contributed by atoms with Gasteiger partial charge in [-0.2, -0.15) is 0 Å². The van der Waals surface area contributed by atoms with Crippen LogP contribution in [-0.4, -0.2) is 31.1 Å². The molecule has 0 bridgehead atoms. The Morgan fingerprint density at radius 2 is 2.31 bits per heavy atom. The van der Waals surface area contributed by atoms with Gasteiger partial charge >= 0.3 is 0 Å². The molecule has 2 rings (SSSR count). The minimum absolute atomic E-state index is 0.689. The molecule has 0 spiro atoms. The molecule has 2 heterocycles. The van der Waals surface area contributed by atoms with E-state index in [4.69, 9.17) is 0 Å². The first-order chi connectivity index (χ1) is 7.69. The van der Waals surface area contributed by atoms with Crippen LogP contribution in [0.2, 0.25) is 0 Å². The lowest BCUT2D eigenvalue weighted by molar-refractivity contribution is 0.188. The lowest BCUT2D eigenvalue weighted by Gasteiger charge is -2.32. The summed E-state index contributed by atoms with van der Waals surface area (Å²) < 4.78 is 0. The molecule has 1 aromatic heterocycles. The van der Waals surface area contributed by atoms with Gasteiger partial charge in [0.2, 0.25) is 0 Å². The fraction of sp³-hybridized carbons (Fsp3) is 0.692. The van der Waals surface area contributed by atoms with Crippen LogP contribution in [0.25, 0.3) is 0 Å². The maximum atomic E-state index is 3.40. The van der Waals surface area contributed by atoms with E-state index in [1.165, 1.54) is 41.2 Å². The van der Waals surface area contributed by atoms with Crippen molar-refractivity contribution in [3.63, 3.8) is 0 Å². The maximum Gasteiger partial charge on any atom is 0.0245 e. The number of likely N-dealkylation sites (tertiary alicyclic amines) is 1. The van der Waals surface area contributed by atoms with E-state index in [9.17, 15) is 0 Å². The van der Waals surface area contributed by atoms with E-state index >= 15 is 0 Å². The molecule has 16 heavy (non-hydrogen) atoms. The largest absolute Gasteiger partial charge is 0.316 e. The van der Waals surface area contributed by atoms with E-state index < -0.39 is 0 Å². The van der Waals surface area contributed by atoms with Gasteiger partial charge in [-0.15, -0.1) is 11.3 Å². The zero-order valence-electron chi connectivity index (χ0n) is 10.5. The second-order valence-electron chi connectivity index (χ2n) is 4.80. The fourth-order valence-electron chi connectivity index (χ4n) is 2.52. The van der Waals surface area contributed by atoms with Gasteiger partial charge < -0.3 is 5.32 Å². The molecular formula is C13H22N2S. The van der Waals surface area contributed by atoms with E-state index in [2.05, 4.69) is 37.2 Å². The number of rotatable bonds is 3. The third-order valence-electron chi connectivity index (χ3n) is 3.45. The minimum Gasteiger partial charge on any atom is -0.316 e. The van der Waals surface area contributed by atoms with Crippen LogP contribution < -0.4 is 5.32 Å². The number of aryl methyl sites for hydroxylation is 2. The lowest BCUT2D eigenvalue weighted by atomic mass is 10.1. The van der Waals surface area contributed by atoms with Crippen LogP contribution in [0.3, 0.4) is 0 Å². The molecule has 0 aliphatic carbocycles. The summed E-state index contributed by atoms with van der Waals surface area (Å²) in [6.45, 7) is 8.03. The molecule has 1 aliphatic rings. The third-order valence-corrected chi connectivity index (χ3v) is 4.46. The first kappa shape index (κ1) is 12.1. The average molecular weight is 238 g/mol. The summed E-state index contributed by atoms with van der Waals surface area (Å²) >= 11 is 1.92. The zero-order valence-corrected chi connectivity index (χ0v) is 11.4. The third kappa shape index (κ3) is 2.84. The molecular weight excluding hydrogens is 216 g/mol. The molecule has 1 aromatic rings. The molecule has 1 saturated heterocycles. The number of hydrogen-bond acceptors (Lipinski definition) is 3. The second kappa shape index (κ2) is 5.30. The van der Waals surface area contributed by atoms with Crippen molar-refractivity contribution < 1.29 is 0 Å². The normalized spacial score (nSPS) is 22.6. The molecule has 3 heteroatoms. The van der Waals surface area contributed by atoms with Gasteiger partial charge in [0.05, 0.1) is 0 Å². The van der Waals surface area contributed by atoms with Crippen LogP contribution in [0.1, 0.15) is 28.2 Å². The molecule has 1 N–H and O–H groups in total. The molecule has 1 unspecified atom stereocenters. The van der Waals surface area contributed by atoms with Crippen LogP contribution >= 0.6 is 11.3 Å². The van der Waals surface area contributed by atoms with Crippen molar-refractivity contribution >= 4 is 11.3 Å². The van der Waals surface area contributed by atoms with Crippen LogP contribution in [0.4, 0.5) is 0 Å². The summed E-state index contributed by atoms with van der Waals surface area (Å²) in [6.07, 6.45) is 2.66. The van der Waals surface area contributed by atoms with E-state index in [-0.39, 0.29) is 0 Å². The summed E-state index contributed by atoms with van der Waals surface area (Å²) in [5.74, 6) is 0. The average Bonchev–Trinajstić information content (AvgIpc) is 2.58. The smallest absolute Gasteiger partial charge is 0.0245 e. The number of thiophene rings is 1. The summed E-state index contributed by atoms with van der Waals surface area (Å²) in [4.78, 5) is 5.51. The highest BCUT2D eigenvalue weighted by Gasteiger charge is 2.19. The van der Waals surface area contributed by atoms with Gasteiger partial charge in [-0.05, 0) is 51.9 Å². The van der Waals surface area contributed by atoms with Crippen molar-refractivity contribution in [3.8, 4) is 0 Å². The summed E-state index contributed by atoms with van der Waals surface area (Å²) in [7, 11) is 2.08. The highest BCUT2D eigenvalue weighted by molar-refractivity contribution is 7.12. The Morgan fingerprint density at radius 3 is 2.94 bits per heavy atom. The molecule has 2 nitrogen and oxygen atoms in total. The first-order valence-corrected chi connectivity index (χ1v) is 6.96. The number of piperidine rings is 1. The molecule has 1 fully saturated rings. The Kier molecular flexibility index (Phi) is 4.00. The van der Waals surface area contributed by atoms with Crippen molar-refractivity contribution in [1.82, 2.24) is 10.2 Å². The molecule has 0 saturated carbocycles. The van der Waals surface area contributed by atoms with Crippen molar-refractivity contribution in [2.24, 2.45) is 0 Å². The van der Waals surface area contributed by atoms with Crippen molar-refractivity contribution in [2.75, 3.05) is 20.1 Å². The van der Waals surface area contributed by atoms with Crippen LogP contribution in [0.5, 0.6) is 0 Å². The summed E-state index contributed by atoms with van der Waals surface area (Å²) in [6, 6.07) is 3.04. The highest BCUT2D eigenvalue weighted by atomic mass is 32.1. The molecule has 0 amide bonds. The SMILES string of the molecule is CNC1CCCN(Cc2cc(C)sc2C)C1. The number of nitrogens with zero attached hydrogens (tertiary/aromatic N) is 1. The number of hydrogen-bond donors (Lipinski definition) is 1. The van der Waals surface area contributed by atoms with Crippen LogP contribution in [0.15, 0.2) is 6.07 Å². The van der Waals surface area contributed by atoms with Crippen LogP contribution in [0, 0.1) is 13.8 Å². The predicted molar refractivity (Wildman–Crippen MR) is 71.2 cm³/mol. The zero-order chi connectivity index (χ0) is 11.5. The fourth-order valence-corrected chi connectivity index (χ4v) is 3.45. The van der Waals surface area contributed by atoms with Gasteiger partial charge in [-0.1, -0.05) is 0 Å². The predicted octanol–water partition coefficient (Wildman–Crippen LogP) is 2.55. The Labute approximate surface area is 103 Å². The molecule has 0 radical (unpaired) electrons. The van der Waals surface area contributed by atoms with Gasteiger partial charge in [-0.25, -0.2) is 0 Å². The Balaban J connectivity index is 1.96. The van der Waals surface area contributed by atoms with Crippen LogP contribution in [-0.2, 0) is 6.54 Å². The van der Waals surface area contributed by atoms with E-state index in [1.807, 2.05) is 11.3 Å². The Morgan fingerprint density at radius 1 is 1.50 bits per heavy atom. The van der Waals surface area contributed by atoms with Gasteiger partial charge in [-0.3, -0.25) is 4.90 Å². The maximum absolute atomic E-state index is 3.40. The van der Waals surface area contributed by atoms with Gasteiger partial charge in [0.25, 0.3) is 0 Å². The first-order valence-electron chi connectivity index (χ1n) is 6.14. The Hall–Kier alpha value is -0.380. The monoisotopic (exact) mass is 238 g/mol. The topological polar surface area (TPSA) is 15.3 Å². The number of likely N-dealkylation sites (N-methyl/N-ethyl adjacent to an activating group) is 1. The van der Waals surface area contributed by atoms with E-state index in [1.54, 1.807) is 0 Å². The summed E-state index contributed by atoms with van der Waals surface area (Å²) in [5.41, 5.74) is 1.53. The lowest BCUT2D eigenvalue weighted by Crippen LogP contribution is -2.43. The van der Waals surface area contributed by atoms with Crippen molar-refractivity contribution in [2.45, 2.75) is 39.3 Å². The van der Waals surface area contributed by atoms with E-state index in [0.717, 1.165) is 6.54 Å². The quantitative estimate of drug-likeness (QED) is 0.870. The van der Waals surface area contributed by atoms with Gasteiger partial charge in [0, 0.05) is 28.9 Å². The standard InChI is InChI=1S/C13H22N2S/c1-10-7-12(11(2)16-10)8-15-6-4-5-13(9-15)14-3/h7,13-14H,4-6,8-9H2,1-3H3. The Bertz CT molecular complexity index is 346. The number of nitrogens with one attached hydrogen (secondary N) is 1. The molecule has 1 atom stereocenters. The molecule has 90 valence electrons. The molecule has 1 aliphatic heterocycles. The minimum atomic E-state index is 0.689. The van der Waals surface area contributed by atoms with Gasteiger partial charge in [0.15, 0.2) is 0 Å². The highest BCUT2D eigenvalue weighted by Crippen LogP contribution is 2.23. The van der Waals surface area contributed by atoms with Crippen molar-refractivity contribution in [1.29, 1.82) is 0 Å². The van der Waals surface area contributed by atoms with Crippen molar-refractivity contribution in [3.05, 3.63) is 21.4 Å². The summed E-state index contributed by atoms with van der Waals surface area (Å²) in [5, 5.41) is 3.40. The van der Waals surface area contributed by atoms with Gasteiger partial charge in [0.1, 0.15) is 0 Å². The van der Waals surface area contributed by atoms with E-state index in [0.29, 0.717) is 6.04 Å². The second-order valence-corrected chi connectivity index (χ2v) is 6.26. The molecule has 0 aromatic carbocycles.